The molecule has 150 valence electrons. The number of carbonyl (C=O) groups excluding carboxylic acids is 1. The van der Waals surface area contributed by atoms with Gasteiger partial charge in [-0.3, -0.25) is 4.79 Å². The Morgan fingerprint density at radius 3 is 2.61 bits per heavy atom. The Hall–Kier alpha value is -2.47. The predicted octanol–water partition coefficient (Wildman–Crippen LogP) is 3.62. The number of aliphatic hydroxyl groups is 1. The van der Waals surface area contributed by atoms with Crippen LogP contribution in [0.15, 0.2) is 36.5 Å². The molecule has 2 aromatic rings. The van der Waals surface area contributed by atoms with Crippen molar-refractivity contribution in [3.05, 3.63) is 47.9 Å². The Labute approximate surface area is 165 Å². The first kappa shape index (κ1) is 20.3. The van der Waals surface area contributed by atoms with Crippen molar-refractivity contribution >= 4 is 11.7 Å². The molecule has 2 heterocycles. The van der Waals surface area contributed by atoms with Crippen LogP contribution in [-0.2, 0) is 0 Å². The van der Waals surface area contributed by atoms with Gasteiger partial charge in [-0.05, 0) is 37.3 Å². The van der Waals surface area contributed by atoms with Gasteiger partial charge in [0.15, 0.2) is 0 Å². The Bertz CT molecular complexity index is 819. The van der Waals surface area contributed by atoms with E-state index in [1.165, 1.54) is 12.3 Å². The van der Waals surface area contributed by atoms with Crippen LogP contribution in [0.2, 0.25) is 0 Å². The second-order valence-electron chi connectivity index (χ2n) is 7.75. The first-order valence-electron chi connectivity index (χ1n) is 9.91. The lowest BCUT2D eigenvalue weighted by atomic mass is 10.0. The molecule has 3 rings (SSSR count). The molecule has 0 bridgehead atoms. The summed E-state index contributed by atoms with van der Waals surface area (Å²) in [5.41, 5.74) is 1.42. The largest absolute Gasteiger partial charge is 0.394 e. The minimum absolute atomic E-state index is 0.122. The standard InChI is InChI=1S/C22H28FN3O2/c1-15(2)11-17(14-27)25-22(28)16-12-19(18-7-3-4-8-20(18)23)21(24-13-16)26-9-5-6-10-26/h3-4,7-8,12-13,15,17,27H,5-6,9-11,14H2,1-2H3,(H,25,28)/t17-/m1/s1. The van der Waals surface area contributed by atoms with Gasteiger partial charge >= 0.3 is 0 Å². The van der Waals surface area contributed by atoms with Crippen LogP contribution in [0.4, 0.5) is 10.2 Å². The molecule has 0 saturated carbocycles. The van der Waals surface area contributed by atoms with Crippen molar-refractivity contribution < 1.29 is 14.3 Å². The summed E-state index contributed by atoms with van der Waals surface area (Å²) in [6, 6.07) is 7.95. The Kier molecular flexibility index (Phi) is 6.62. The Morgan fingerprint density at radius 2 is 1.96 bits per heavy atom. The molecule has 0 aliphatic carbocycles. The zero-order valence-corrected chi connectivity index (χ0v) is 16.5. The lowest BCUT2D eigenvalue weighted by molar-refractivity contribution is 0.0908. The molecule has 0 unspecified atom stereocenters. The van der Waals surface area contributed by atoms with Crippen LogP contribution in [0.25, 0.3) is 11.1 Å². The number of anilines is 1. The number of aliphatic hydroxyl groups excluding tert-OH is 1. The lowest BCUT2D eigenvalue weighted by Crippen LogP contribution is -2.38. The SMILES string of the molecule is CC(C)C[C@H](CO)NC(=O)c1cnc(N2CCCC2)c(-c2ccccc2F)c1. The van der Waals surface area contributed by atoms with Crippen molar-refractivity contribution in [3.8, 4) is 11.1 Å². The van der Waals surface area contributed by atoms with Gasteiger partial charge in [-0.1, -0.05) is 32.0 Å². The van der Waals surface area contributed by atoms with E-state index >= 15 is 0 Å². The predicted molar refractivity (Wildman–Crippen MR) is 109 cm³/mol. The van der Waals surface area contributed by atoms with Gasteiger partial charge in [-0.25, -0.2) is 9.37 Å². The van der Waals surface area contributed by atoms with E-state index in [1.807, 2.05) is 13.8 Å². The molecule has 1 atom stereocenters. The molecule has 1 fully saturated rings. The molecule has 0 spiro atoms. The van der Waals surface area contributed by atoms with Gasteiger partial charge in [-0.2, -0.15) is 0 Å². The van der Waals surface area contributed by atoms with Crippen LogP contribution in [0.3, 0.4) is 0 Å². The van der Waals surface area contributed by atoms with E-state index in [0.717, 1.165) is 25.9 Å². The Morgan fingerprint density at radius 1 is 1.25 bits per heavy atom. The molecule has 1 aromatic carbocycles. The van der Waals surface area contributed by atoms with Gasteiger partial charge < -0.3 is 15.3 Å². The molecule has 1 aliphatic rings. The highest BCUT2D eigenvalue weighted by atomic mass is 19.1. The minimum atomic E-state index is -0.338. The zero-order chi connectivity index (χ0) is 20.1. The fraction of sp³-hybridized carbons (Fsp3) is 0.455. The number of benzene rings is 1. The first-order valence-corrected chi connectivity index (χ1v) is 9.91. The third kappa shape index (κ3) is 4.68. The third-order valence-corrected chi connectivity index (χ3v) is 5.01. The summed E-state index contributed by atoms with van der Waals surface area (Å²) in [6.07, 6.45) is 4.38. The number of halogens is 1. The van der Waals surface area contributed by atoms with E-state index in [9.17, 15) is 14.3 Å². The average Bonchev–Trinajstić information content (AvgIpc) is 3.21. The van der Waals surface area contributed by atoms with Crippen molar-refractivity contribution in [2.45, 2.75) is 39.2 Å². The zero-order valence-electron chi connectivity index (χ0n) is 16.5. The van der Waals surface area contributed by atoms with Gasteiger partial charge in [0.1, 0.15) is 11.6 Å². The molecular weight excluding hydrogens is 357 g/mol. The van der Waals surface area contributed by atoms with Gasteiger partial charge in [0.05, 0.1) is 18.2 Å². The number of nitrogens with one attached hydrogen (secondary N) is 1. The molecule has 5 nitrogen and oxygen atoms in total. The van der Waals surface area contributed by atoms with Crippen molar-refractivity contribution in [2.75, 3.05) is 24.6 Å². The summed E-state index contributed by atoms with van der Waals surface area (Å²) in [4.78, 5) is 19.4. The van der Waals surface area contributed by atoms with E-state index in [2.05, 4.69) is 15.2 Å². The van der Waals surface area contributed by atoms with Crippen molar-refractivity contribution in [3.63, 3.8) is 0 Å². The van der Waals surface area contributed by atoms with E-state index in [-0.39, 0.29) is 24.4 Å². The molecule has 0 radical (unpaired) electrons. The van der Waals surface area contributed by atoms with E-state index < -0.39 is 0 Å². The number of hydrogen-bond donors (Lipinski definition) is 2. The molecule has 1 aromatic heterocycles. The van der Waals surface area contributed by atoms with Crippen molar-refractivity contribution in [1.82, 2.24) is 10.3 Å². The highest BCUT2D eigenvalue weighted by Crippen LogP contribution is 2.33. The van der Waals surface area contributed by atoms with Crippen LogP contribution >= 0.6 is 0 Å². The maximum absolute atomic E-state index is 14.5. The fourth-order valence-corrected chi connectivity index (χ4v) is 3.66. The Balaban J connectivity index is 1.94. The summed E-state index contributed by atoms with van der Waals surface area (Å²) in [5, 5.41) is 12.4. The molecule has 2 N–H and O–H groups in total. The highest BCUT2D eigenvalue weighted by Gasteiger charge is 2.22. The molecule has 6 heteroatoms. The molecule has 1 aliphatic heterocycles. The number of rotatable bonds is 7. The quantitative estimate of drug-likeness (QED) is 0.764. The minimum Gasteiger partial charge on any atom is -0.394 e. The van der Waals surface area contributed by atoms with Crippen LogP contribution in [0.1, 0.15) is 43.5 Å². The van der Waals surface area contributed by atoms with Gasteiger partial charge in [0, 0.05) is 30.4 Å². The number of aromatic nitrogens is 1. The number of carbonyl (C=O) groups is 1. The summed E-state index contributed by atoms with van der Waals surface area (Å²) in [6.45, 7) is 5.71. The van der Waals surface area contributed by atoms with Gasteiger partial charge in [0.2, 0.25) is 0 Å². The van der Waals surface area contributed by atoms with E-state index in [1.54, 1.807) is 24.3 Å². The second kappa shape index (κ2) is 9.15. The monoisotopic (exact) mass is 385 g/mol. The van der Waals surface area contributed by atoms with Crippen molar-refractivity contribution in [2.24, 2.45) is 5.92 Å². The van der Waals surface area contributed by atoms with Crippen LogP contribution in [0, 0.1) is 11.7 Å². The summed E-state index contributed by atoms with van der Waals surface area (Å²) < 4.78 is 14.5. The maximum Gasteiger partial charge on any atom is 0.253 e. The first-order chi connectivity index (χ1) is 13.5. The summed E-state index contributed by atoms with van der Waals surface area (Å²) in [7, 11) is 0. The van der Waals surface area contributed by atoms with Gasteiger partial charge in [-0.15, -0.1) is 0 Å². The third-order valence-electron chi connectivity index (χ3n) is 5.01. The second-order valence-corrected chi connectivity index (χ2v) is 7.75. The van der Waals surface area contributed by atoms with Gasteiger partial charge in [0.25, 0.3) is 5.91 Å². The van der Waals surface area contributed by atoms with Crippen molar-refractivity contribution in [1.29, 1.82) is 0 Å². The lowest BCUT2D eigenvalue weighted by Gasteiger charge is -2.22. The molecule has 28 heavy (non-hydrogen) atoms. The highest BCUT2D eigenvalue weighted by molar-refractivity contribution is 5.96. The number of nitrogens with zero attached hydrogens (tertiary/aromatic N) is 2. The summed E-state index contributed by atoms with van der Waals surface area (Å²) in [5.74, 6) is 0.412. The smallest absolute Gasteiger partial charge is 0.253 e. The van der Waals surface area contributed by atoms with Crippen LogP contribution < -0.4 is 10.2 Å². The number of hydrogen-bond acceptors (Lipinski definition) is 4. The van der Waals surface area contributed by atoms with E-state index in [4.69, 9.17) is 0 Å². The average molecular weight is 385 g/mol. The van der Waals surface area contributed by atoms with Crippen LogP contribution in [-0.4, -0.2) is 41.7 Å². The maximum atomic E-state index is 14.5. The topological polar surface area (TPSA) is 65.5 Å². The molecular formula is C22H28FN3O2. The summed E-state index contributed by atoms with van der Waals surface area (Å²) >= 11 is 0. The number of amides is 1. The normalized spacial score (nSPS) is 15.1. The van der Waals surface area contributed by atoms with E-state index in [0.29, 0.717) is 34.8 Å². The number of pyridine rings is 1. The fourth-order valence-electron chi connectivity index (χ4n) is 3.66. The molecule has 1 amide bonds. The van der Waals surface area contributed by atoms with Crippen LogP contribution in [0.5, 0.6) is 0 Å². The molecule has 1 saturated heterocycles.